The van der Waals surface area contributed by atoms with Crippen LogP contribution >= 0.6 is 90.4 Å². The number of nitrogens with one attached hydrogen (secondary N) is 1. The minimum atomic E-state index is -1.15. The topological polar surface area (TPSA) is 95.9 Å². The van der Waals surface area contributed by atoms with Gasteiger partial charge in [-0.25, -0.2) is 4.79 Å². The van der Waals surface area contributed by atoms with Crippen molar-refractivity contribution in [3.63, 3.8) is 0 Å². The fourth-order valence-corrected chi connectivity index (χ4v) is 6.01. The van der Waals surface area contributed by atoms with Gasteiger partial charge in [0.05, 0.1) is 14.3 Å². The van der Waals surface area contributed by atoms with E-state index >= 15 is 0 Å². The van der Waals surface area contributed by atoms with Crippen LogP contribution in [0.5, 0.6) is 17.2 Å². The number of rotatable bonds is 6. The second-order valence-electron chi connectivity index (χ2n) is 5.39. The van der Waals surface area contributed by atoms with Crippen molar-refractivity contribution in [2.24, 2.45) is 0 Å². The van der Waals surface area contributed by atoms with Crippen molar-refractivity contribution in [3.05, 3.63) is 44.1 Å². The van der Waals surface area contributed by atoms with Gasteiger partial charge in [0.1, 0.15) is 17.5 Å². The third kappa shape index (κ3) is 6.45. The molecule has 0 bridgehead atoms. The molecule has 0 radical (unpaired) electrons. The van der Waals surface area contributed by atoms with E-state index in [-0.39, 0.29) is 12.2 Å². The normalized spacial score (nSPS) is 12.2. The molecule has 0 aromatic heterocycles. The molecule has 3 N–H and O–H groups in total. The van der Waals surface area contributed by atoms with Crippen molar-refractivity contribution < 1.29 is 25.9 Å². The molecule has 27 heavy (non-hydrogen) atoms. The van der Waals surface area contributed by atoms with Crippen molar-refractivity contribution in [3.8, 4) is 17.2 Å². The van der Waals surface area contributed by atoms with Crippen LogP contribution in [0, 0.1) is 14.3 Å². The molecule has 10 heteroatoms. The van der Waals surface area contributed by atoms with Gasteiger partial charge < -0.3 is 20.3 Å². The molecule has 2 rings (SSSR count). The number of ether oxygens (including phenoxy) is 1. The number of hydrogen-bond donors (Lipinski definition) is 3. The van der Waals surface area contributed by atoms with Crippen molar-refractivity contribution in [2.45, 2.75) is 19.4 Å². The lowest BCUT2D eigenvalue weighted by Crippen LogP contribution is -2.41. The van der Waals surface area contributed by atoms with Gasteiger partial charge in [0.2, 0.25) is 5.91 Å². The van der Waals surface area contributed by atoms with E-state index in [9.17, 15) is 19.8 Å². The SMILES string of the molecule is [2H]CC(=O)N[C@@H](Cc1cc(I)c(Oc2cc(I)c(O)c(I)c2)c(I)c1)C(=O)O. The summed E-state index contributed by atoms with van der Waals surface area (Å²) in [5, 5.41) is 21.5. The molecule has 2 aromatic carbocycles. The summed E-state index contributed by atoms with van der Waals surface area (Å²) in [5.41, 5.74) is 0.730. The van der Waals surface area contributed by atoms with Crippen LogP contribution in [0.15, 0.2) is 24.3 Å². The lowest BCUT2D eigenvalue weighted by atomic mass is 10.1. The van der Waals surface area contributed by atoms with Gasteiger partial charge in [-0.15, -0.1) is 0 Å². The van der Waals surface area contributed by atoms with E-state index in [1.54, 1.807) is 24.3 Å². The molecular weight excluding hydrogens is 806 g/mol. The number of amides is 1. The maximum Gasteiger partial charge on any atom is 0.326 e. The van der Waals surface area contributed by atoms with Crippen LogP contribution in [-0.4, -0.2) is 28.1 Å². The number of benzene rings is 2. The van der Waals surface area contributed by atoms with Crippen LogP contribution in [0.3, 0.4) is 0 Å². The van der Waals surface area contributed by atoms with Crippen LogP contribution in [0.4, 0.5) is 0 Å². The molecule has 2 aromatic rings. The molecule has 6 nitrogen and oxygen atoms in total. The third-order valence-corrected chi connectivity index (χ3v) is 6.59. The number of carboxylic acid groups (broad SMARTS) is 1. The number of phenolic OH excluding ortho intramolecular Hbond substituents is 1. The van der Waals surface area contributed by atoms with E-state index in [2.05, 4.69) is 50.5 Å². The average Bonchev–Trinajstić information content (AvgIpc) is 2.61. The molecule has 0 aliphatic heterocycles. The van der Waals surface area contributed by atoms with Gasteiger partial charge in [0.15, 0.2) is 5.75 Å². The maximum absolute atomic E-state index is 11.4. The predicted molar refractivity (Wildman–Crippen MR) is 134 cm³/mol. The van der Waals surface area contributed by atoms with Gasteiger partial charge in [0, 0.05) is 14.7 Å². The monoisotopic (exact) mass is 820 g/mol. The second-order valence-corrected chi connectivity index (χ2v) is 10.0. The summed E-state index contributed by atoms with van der Waals surface area (Å²) in [7, 11) is 0. The summed E-state index contributed by atoms with van der Waals surface area (Å²) in [6.07, 6.45) is 0.0996. The molecule has 0 saturated heterocycles. The second kappa shape index (κ2) is 10.1. The third-order valence-electron chi connectivity index (χ3n) is 3.34. The molecular formula is C17H13I4NO5. The van der Waals surface area contributed by atoms with E-state index in [0.717, 1.165) is 12.7 Å². The molecule has 0 spiro atoms. The smallest absolute Gasteiger partial charge is 0.326 e. The standard InChI is InChI=1S/C17H13I4NO5/c1-7(23)22-14(17(25)26)4-8-2-12(20)16(13(21)3-8)27-9-5-10(18)15(24)11(19)6-9/h2-3,5-6,14,24H,4H2,1H3,(H,22,23)(H,25,26)/t14-/m0/s1/i1D. The number of hydrogen-bond acceptors (Lipinski definition) is 4. The van der Waals surface area contributed by atoms with Crippen LogP contribution in [0.25, 0.3) is 0 Å². The van der Waals surface area contributed by atoms with Gasteiger partial charge in [-0.05, 0) is 120 Å². The first-order valence-electron chi connectivity index (χ1n) is 7.98. The molecule has 0 aliphatic rings. The number of carbonyl (C=O) groups excluding carboxylic acids is 1. The molecule has 0 aliphatic carbocycles. The number of carboxylic acids is 1. The van der Waals surface area contributed by atoms with E-state index < -0.39 is 24.8 Å². The summed E-state index contributed by atoms with van der Waals surface area (Å²) in [4.78, 5) is 22.8. The Morgan fingerprint density at radius 3 is 2.15 bits per heavy atom. The molecule has 0 unspecified atom stereocenters. The highest BCUT2D eigenvalue weighted by Crippen LogP contribution is 2.36. The predicted octanol–water partition coefficient (Wildman–Crippen LogP) is 4.73. The highest BCUT2D eigenvalue weighted by molar-refractivity contribution is 14.1. The number of aromatic hydroxyl groups is 1. The average molecular weight is 820 g/mol. The van der Waals surface area contributed by atoms with Crippen LogP contribution < -0.4 is 10.1 Å². The largest absolute Gasteiger partial charge is 0.506 e. The minimum absolute atomic E-state index is 0.0996. The lowest BCUT2D eigenvalue weighted by molar-refractivity contribution is -0.141. The summed E-state index contributed by atoms with van der Waals surface area (Å²) in [5.74, 6) is -0.359. The zero-order valence-electron chi connectivity index (χ0n) is 14.4. The first-order chi connectivity index (χ1) is 13.1. The Morgan fingerprint density at radius 1 is 1.11 bits per heavy atom. The summed E-state index contributed by atoms with van der Waals surface area (Å²) in [6, 6.07) is 5.97. The van der Waals surface area contributed by atoms with E-state index in [1.807, 2.05) is 45.2 Å². The van der Waals surface area contributed by atoms with Crippen molar-refractivity contribution in [1.29, 1.82) is 0 Å². The Labute approximate surface area is 211 Å². The van der Waals surface area contributed by atoms with Gasteiger partial charge in [0.25, 0.3) is 0 Å². The Kier molecular flexibility index (Phi) is 8.07. The Balaban J connectivity index is 2.27. The molecule has 1 amide bonds. The lowest BCUT2D eigenvalue weighted by Gasteiger charge is -2.16. The first kappa shape index (κ1) is 21.6. The molecule has 0 saturated carbocycles. The maximum atomic E-state index is 11.4. The van der Waals surface area contributed by atoms with Crippen molar-refractivity contribution in [1.82, 2.24) is 5.32 Å². The Bertz CT molecular complexity index is 878. The van der Waals surface area contributed by atoms with E-state index in [1.165, 1.54) is 0 Å². The highest BCUT2D eigenvalue weighted by atomic mass is 127. The number of aliphatic carboxylic acids is 1. The fraction of sp³-hybridized carbons (Fsp3) is 0.176. The van der Waals surface area contributed by atoms with Crippen LogP contribution in [0.2, 0.25) is 0 Å². The van der Waals surface area contributed by atoms with Crippen LogP contribution in [-0.2, 0) is 16.0 Å². The number of halogens is 4. The summed E-state index contributed by atoms with van der Waals surface area (Å²) >= 11 is 8.28. The Morgan fingerprint density at radius 2 is 1.67 bits per heavy atom. The number of phenols is 1. The van der Waals surface area contributed by atoms with E-state index in [0.29, 0.717) is 18.6 Å². The Hall–Kier alpha value is -0.100. The summed E-state index contributed by atoms with van der Waals surface area (Å²) in [6.45, 7) is -0.518. The van der Waals surface area contributed by atoms with Gasteiger partial charge in [-0.1, -0.05) is 0 Å². The first-order valence-corrected chi connectivity index (χ1v) is 11.6. The molecule has 1 atom stereocenters. The van der Waals surface area contributed by atoms with Crippen molar-refractivity contribution in [2.75, 3.05) is 0 Å². The zero-order valence-corrected chi connectivity index (χ0v) is 22.1. The summed E-state index contributed by atoms with van der Waals surface area (Å²) < 4.78 is 16.0. The fourth-order valence-electron chi connectivity index (χ4n) is 2.18. The minimum Gasteiger partial charge on any atom is -0.506 e. The van der Waals surface area contributed by atoms with Gasteiger partial charge in [-0.2, -0.15) is 0 Å². The quantitative estimate of drug-likeness (QED) is 0.367. The van der Waals surface area contributed by atoms with E-state index in [4.69, 9.17) is 6.11 Å². The molecule has 144 valence electrons. The molecule has 0 heterocycles. The van der Waals surface area contributed by atoms with Crippen LogP contribution in [0.1, 0.15) is 13.8 Å². The van der Waals surface area contributed by atoms with Gasteiger partial charge in [-0.3, -0.25) is 4.79 Å². The van der Waals surface area contributed by atoms with Gasteiger partial charge >= 0.3 is 5.97 Å². The molecule has 0 fully saturated rings. The zero-order chi connectivity index (χ0) is 21.0. The number of carbonyl (C=O) groups is 2. The van der Waals surface area contributed by atoms with Crippen molar-refractivity contribution >= 4 is 102 Å². The highest BCUT2D eigenvalue weighted by Gasteiger charge is 2.20.